The van der Waals surface area contributed by atoms with E-state index in [-0.39, 0.29) is 102 Å². The lowest BCUT2D eigenvalue weighted by Gasteiger charge is -2.18. The van der Waals surface area contributed by atoms with Crippen molar-refractivity contribution in [2.45, 2.75) is 126 Å². The summed E-state index contributed by atoms with van der Waals surface area (Å²) in [5, 5.41) is 42.5. The summed E-state index contributed by atoms with van der Waals surface area (Å²) in [6, 6.07) is 0. The van der Waals surface area contributed by atoms with E-state index in [1.54, 1.807) is 13.8 Å². The highest BCUT2D eigenvalue weighted by Crippen LogP contribution is 2.35. The molecule has 5 aromatic carbocycles. The van der Waals surface area contributed by atoms with Crippen LogP contribution in [0, 0.1) is 145 Å². The first kappa shape index (κ1) is 134. The van der Waals surface area contributed by atoms with Crippen molar-refractivity contribution >= 4 is 15.9 Å². The lowest BCUT2D eigenvalue weighted by Crippen LogP contribution is -2.29. The maximum absolute atomic E-state index is 13.6. The summed E-state index contributed by atoms with van der Waals surface area (Å²) in [6.45, 7) is 16.9. The van der Waals surface area contributed by atoms with Crippen molar-refractivity contribution in [2.75, 3.05) is 226 Å². The summed E-state index contributed by atoms with van der Waals surface area (Å²) < 4.78 is 429. The number of ether oxygens (including phenoxy) is 21. The van der Waals surface area contributed by atoms with Crippen molar-refractivity contribution in [3.05, 3.63) is 150 Å². The predicted molar refractivity (Wildman–Crippen MR) is 433 cm³/mol. The Morgan fingerprint density at radius 1 is 0.311 bits per heavy atom. The van der Waals surface area contributed by atoms with Crippen LogP contribution < -0.4 is 18.9 Å². The molecule has 2 fully saturated rings. The smallest absolute Gasteiger partial charge is 0.206 e. The lowest BCUT2D eigenvalue weighted by molar-refractivity contribution is -0.142. The molecule has 2 heterocycles. The average molecular weight is 2090 g/mol. The molecule has 2 aliphatic rings. The van der Waals surface area contributed by atoms with Crippen LogP contribution in [0.4, 0.5) is 110 Å². The molecule has 5 atom stereocenters. The van der Waals surface area contributed by atoms with Gasteiger partial charge in [-0.2, -0.15) is 35.1 Å². The molecule has 0 bridgehead atoms. The van der Waals surface area contributed by atoms with Crippen molar-refractivity contribution in [2.24, 2.45) is 0 Å². The Morgan fingerprint density at radius 2 is 0.563 bits per heavy atom. The highest BCUT2D eigenvalue weighted by Gasteiger charge is 2.37. The van der Waals surface area contributed by atoms with Crippen molar-refractivity contribution < 1.29 is 235 Å². The van der Waals surface area contributed by atoms with E-state index < -0.39 is 242 Å². The molecule has 2 aliphatic heterocycles. The van der Waals surface area contributed by atoms with Crippen molar-refractivity contribution in [3.63, 3.8) is 0 Å². The molecule has 0 aromatic heterocycles. The van der Waals surface area contributed by atoms with Crippen LogP contribution in [-0.2, 0) is 80.5 Å². The minimum absolute atomic E-state index is 0. The maximum atomic E-state index is 13.6. The minimum atomic E-state index is -2.30. The van der Waals surface area contributed by atoms with E-state index in [0.29, 0.717) is 112 Å². The van der Waals surface area contributed by atoms with Crippen molar-refractivity contribution in [1.29, 1.82) is 0 Å². The van der Waals surface area contributed by atoms with Gasteiger partial charge in [0.2, 0.25) is 122 Å². The van der Waals surface area contributed by atoms with Gasteiger partial charge in [-0.1, -0.05) is 43.6 Å². The van der Waals surface area contributed by atoms with E-state index in [9.17, 15) is 110 Å². The van der Waals surface area contributed by atoms with E-state index in [2.05, 4.69) is 25.4 Å². The summed E-state index contributed by atoms with van der Waals surface area (Å²) in [5.74, 6) is -59.0. The third-order valence-corrected chi connectivity index (χ3v) is 16.1. The Bertz CT molecular complexity index is 3830. The number of halogens is 26. The zero-order valence-corrected chi connectivity index (χ0v) is 73.2. The van der Waals surface area contributed by atoms with Crippen LogP contribution in [0.2, 0.25) is 0 Å². The first-order valence-corrected chi connectivity index (χ1v) is 39.7. The third-order valence-electron chi connectivity index (χ3n) is 15.4. The number of methoxy groups -OCH3 is 2. The number of hydrogen-bond acceptors (Lipinski definition) is 26. The van der Waals surface area contributed by atoms with Crippen LogP contribution in [-0.4, -0.2) is 293 Å². The van der Waals surface area contributed by atoms with Crippen LogP contribution in [0.25, 0.3) is 0 Å². The molecule has 788 valence electrons. The van der Waals surface area contributed by atoms with E-state index in [1.807, 2.05) is 27.7 Å². The van der Waals surface area contributed by atoms with Gasteiger partial charge in [0.15, 0.2) is 57.8 Å². The highest BCUT2D eigenvalue weighted by atomic mass is 79.9. The highest BCUT2D eigenvalue weighted by molar-refractivity contribution is 9.10. The number of aliphatic hydroxyl groups excluding tert-OH is 5. The predicted octanol–water partition coefficient (Wildman–Crippen LogP) is 15.4. The Labute approximate surface area is 772 Å². The first-order chi connectivity index (χ1) is 62.0. The molecule has 135 heavy (non-hydrogen) atoms. The van der Waals surface area contributed by atoms with Crippen LogP contribution in [0.5, 0.6) is 23.0 Å². The Balaban J connectivity index is -0.000000763. The number of hydrogen-bond donors (Lipinski definition) is 5. The van der Waals surface area contributed by atoms with E-state index in [0.717, 1.165) is 12.8 Å². The molecule has 0 saturated carbocycles. The fourth-order valence-electron chi connectivity index (χ4n) is 9.05. The molecule has 0 radical (unpaired) electrons. The molecule has 5 unspecified atom stereocenters. The fourth-order valence-corrected chi connectivity index (χ4v) is 9.40. The molecular weight excluding hydrogens is 1970 g/mol. The Kier molecular flexibility index (Phi) is 73.9. The third kappa shape index (κ3) is 49.2. The quantitative estimate of drug-likeness (QED) is 0.0105. The van der Waals surface area contributed by atoms with Gasteiger partial charge in [0.05, 0.1) is 176 Å². The van der Waals surface area contributed by atoms with Crippen LogP contribution >= 0.6 is 15.9 Å². The van der Waals surface area contributed by atoms with Crippen molar-refractivity contribution in [1.82, 2.24) is 0 Å². The van der Waals surface area contributed by atoms with E-state index in [4.69, 9.17) is 116 Å². The molecule has 2 saturated heterocycles. The largest absolute Gasteiger partial charge is 0.485 e. The zero-order valence-electron chi connectivity index (χ0n) is 71.6. The molecule has 0 aliphatic carbocycles. The summed E-state index contributed by atoms with van der Waals surface area (Å²) in [6.07, 6.45) is -2.01. The Hall–Kier alpha value is -6.85. The lowest BCUT2D eigenvalue weighted by atomic mass is 10.2. The molecule has 7 rings (SSSR count). The van der Waals surface area contributed by atoms with Gasteiger partial charge in [0.25, 0.3) is 0 Å². The van der Waals surface area contributed by atoms with Crippen LogP contribution in [0.1, 0.15) is 84.1 Å². The number of rotatable bonds is 52. The molecule has 5 N–H and O–H groups in total. The van der Waals surface area contributed by atoms with Crippen LogP contribution in [0.3, 0.4) is 0 Å². The van der Waals surface area contributed by atoms with E-state index >= 15 is 0 Å². The molecule has 0 spiro atoms. The maximum Gasteiger partial charge on any atom is 0.206 e. The second-order valence-electron chi connectivity index (χ2n) is 26.5. The summed E-state index contributed by atoms with van der Waals surface area (Å²) in [4.78, 5) is 0. The Morgan fingerprint density at radius 3 is 0.822 bits per heavy atom. The van der Waals surface area contributed by atoms with Crippen molar-refractivity contribution in [3.8, 4) is 23.0 Å². The van der Waals surface area contributed by atoms with Gasteiger partial charge in [0, 0.05) is 27.4 Å². The normalized spacial score (nSPS) is 14.4. The van der Waals surface area contributed by atoms with Gasteiger partial charge in [-0.05, 0) is 56.5 Å². The summed E-state index contributed by atoms with van der Waals surface area (Å²) in [7, 11) is 2.64. The average Bonchev–Trinajstić information content (AvgIpc) is 1.01. The second kappa shape index (κ2) is 74.2. The molecule has 5 aromatic rings. The first-order valence-electron chi connectivity index (χ1n) is 38.9. The number of aliphatic hydroxyl groups is 5. The zero-order chi connectivity index (χ0) is 99.1. The van der Waals surface area contributed by atoms with Gasteiger partial charge in [-0.25, -0.2) is 74.6 Å². The van der Waals surface area contributed by atoms with Gasteiger partial charge in [0.1, 0.15) is 56.9 Å². The monoisotopic (exact) mass is 2080 g/mol. The topological polar surface area (TPSA) is 295 Å². The molecule has 52 heteroatoms. The standard InChI is InChI=1S/2C19H27F5O6.C12H11F5O3.C9H7F5O3.C8H18O5.C6BrF5.C6H12O3.4CH4/c1-3-4-26-5-6-27-7-8-28-9-10-29-11-13(25-2)12-30-19-17(23)15(21)14(20)16(22)18(19)24;1-3-4-26-5-6-27-7-8-28-9-10-29-13(11-25-2)12-30-19-17(23)15(21)14(20)16(22)18(19)24;1-12(2)19-4-5(20-12)3-18-11-9(16)7(14)6(13)8(15)10(11)17;10-4-5(11)7(13)9(8(14)6(4)12)17-2-3(16)1-15;9-1-3-11-5-7-13-8-6-12-4-2-10;7-1-2(8)4(10)6(12)5(11)3(1)9;1-6(2)8-4-5(3-7)9-6;;;;/h2*13H,3-12H2,1-2H3;5H,3-4H2,1-2H3;3,15-16H,1-2H2;9-10H,1-8H2;;5,7H,3-4H2,1-2H3;4*1H4. The van der Waals surface area contributed by atoms with Gasteiger partial charge in [-0.3, -0.25) is 0 Å². The molecule has 26 nitrogen and oxygen atoms in total. The molecule has 0 amide bonds. The minimum Gasteiger partial charge on any atom is -0.485 e. The summed E-state index contributed by atoms with van der Waals surface area (Å²) >= 11 is 2.22. The van der Waals surface area contributed by atoms with E-state index in [1.165, 1.54) is 14.2 Å². The van der Waals surface area contributed by atoms with Gasteiger partial charge >= 0.3 is 0 Å². The van der Waals surface area contributed by atoms with Crippen LogP contribution in [0.15, 0.2) is 4.47 Å². The number of benzene rings is 5. The SMILES string of the molecule is C.C.C.C.CC1(C)OCC(CO)O1.CC1(C)OCC(COc2c(F)c(F)c(F)c(F)c2F)O1.CCCOCCOCCOCCOC(COC)COc1c(F)c(F)c(F)c(F)c1F.CCCOCCOCCOCCOCC(COc1c(F)c(F)c(F)c(F)c1F)OC.Fc1c(F)c(F)c(Br)c(F)c1F.OCC(O)COc1c(F)c(F)c(F)c(F)c1F.OCCOCCOCCOCCO. The van der Waals surface area contributed by atoms with Gasteiger partial charge in [-0.15, -0.1) is 0 Å². The summed E-state index contributed by atoms with van der Waals surface area (Å²) in [5.41, 5.74) is 0. The van der Waals surface area contributed by atoms with Gasteiger partial charge < -0.3 is 125 Å². The second-order valence-corrected chi connectivity index (χ2v) is 27.3. The fraction of sp³-hybridized carbons (Fsp3) is 0.639. The molecular formula is C83H118BrF25O26.